The highest BCUT2D eigenvalue weighted by Crippen LogP contribution is 2.37. The van der Waals surface area contributed by atoms with Gasteiger partial charge < -0.3 is 16.0 Å². The minimum Gasteiger partial charge on any atom is -0.325 e. The number of halogens is 1. The summed E-state index contributed by atoms with van der Waals surface area (Å²) in [6.07, 6.45) is 1.63. The van der Waals surface area contributed by atoms with Crippen LogP contribution in [0.25, 0.3) is 16.8 Å². The molecular formula is C40H30BrN3O3S. The Bertz CT molecular complexity index is 2090. The van der Waals surface area contributed by atoms with Crippen LogP contribution >= 0.6 is 27.7 Å². The molecule has 8 heteroatoms. The summed E-state index contributed by atoms with van der Waals surface area (Å²) in [4.78, 5) is 41.0. The van der Waals surface area contributed by atoms with Crippen molar-refractivity contribution in [3.8, 4) is 0 Å². The van der Waals surface area contributed by atoms with E-state index in [1.807, 2.05) is 115 Å². The van der Waals surface area contributed by atoms with E-state index in [9.17, 15) is 14.4 Å². The van der Waals surface area contributed by atoms with E-state index in [0.29, 0.717) is 11.3 Å². The third kappa shape index (κ3) is 8.47. The number of hydrogen-bond donors (Lipinski definition) is 3. The van der Waals surface area contributed by atoms with Crippen LogP contribution in [0.4, 0.5) is 11.4 Å². The summed E-state index contributed by atoms with van der Waals surface area (Å²) in [7, 11) is 0. The molecule has 6 rings (SSSR count). The summed E-state index contributed by atoms with van der Waals surface area (Å²) < 4.78 is 0.901. The molecule has 0 bridgehead atoms. The molecule has 0 aliphatic carbocycles. The predicted octanol–water partition coefficient (Wildman–Crippen LogP) is 9.48. The van der Waals surface area contributed by atoms with Crippen molar-refractivity contribution in [2.45, 2.75) is 10.1 Å². The zero-order chi connectivity index (χ0) is 33.3. The van der Waals surface area contributed by atoms with E-state index in [1.165, 1.54) is 11.8 Å². The molecule has 0 heterocycles. The van der Waals surface area contributed by atoms with Crippen molar-refractivity contribution in [1.29, 1.82) is 0 Å². The van der Waals surface area contributed by atoms with Gasteiger partial charge >= 0.3 is 0 Å². The summed E-state index contributed by atoms with van der Waals surface area (Å²) in [5.41, 5.74) is 3.42. The lowest BCUT2D eigenvalue weighted by atomic mass is 10.1. The fourth-order valence-corrected chi connectivity index (χ4v) is 6.28. The first kappa shape index (κ1) is 32.5. The quantitative estimate of drug-likeness (QED) is 0.0976. The minimum atomic E-state index is -0.522. The lowest BCUT2D eigenvalue weighted by Gasteiger charge is -2.18. The maximum Gasteiger partial charge on any atom is 0.272 e. The van der Waals surface area contributed by atoms with Gasteiger partial charge in [-0.2, -0.15) is 0 Å². The van der Waals surface area contributed by atoms with Gasteiger partial charge in [-0.3, -0.25) is 14.4 Å². The molecule has 0 spiro atoms. The smallest absolute Gasteiger partial charge is 0.272 e. The molecule has 48 heavy (non-hydrogen) atoms. The first-order valence-corrected chi connectivity index (χ1v) is 16.8. The van der Waals surface area contributed by atoms with Crippen LogP contribution in [0.1, 0.15) is 26.7 Å². The van der Waals surface area contributed by atoms with Crippen LogP contribution in [0, 0.1) is 0 Å². The second kappa shape index (κ2) is 15.4. The molecule has 0 aliphatic heterocycles. The highest BCUT2D eigenvalue weighted by atomic mass is 79.9. The third-order valence-electron chi connectivity index (χ3n) is 7.43. The van der Waals surface area contributed by atoms with Crippen molar-refractivity contribution in [1.82, 2.24) is 5.32 Å². The van der Waals surface area contributed by atoms with Gasteiger partial charge in [-0.05, 0) is 88.6 Å². The normalized spacial score (nSPS) is 11.8. The second-order valence-corrected chi connectivity index (χ2v) is 13.0. The van der Waals surface area contributed by atoms with Crippen LogP contribution in [0.3, 0.4) is 0 Å². The largest absolute Gasteiger partial charge is 0.325 e. The zero-order valence-corrected chi connectivity index (χ0v) is 28.0. The van der Waals surface area contributed by atoms with Crippen molar-refractivity contribution >= 4 is 73.6 Å². The van der Waals surface area contributed by atoms with Gasteiger partial charge in [-0.15, -0.1) is 11.8 Å². The highest BCUT2D eigenvalue weighted by molar-refractivity contribution is 9.10. The molecule has 6 aromatic carbocycles. The van der Waals surface area contributed by atoms with E-state index < -0.39 is 17.1 Å². The number of fused-ring (bicyclic) bond motifs is 1. The fourth-order valence-electron chi connectivity index (χ4n) is 5.00. The Hall–Kier alpha value is -5.44. The Morgan fingerprint density at radius 3 is 1.96 bits per heavy atom. The highest BCUT2D eigenvalue weighted by Gasteiger charge is 2.23. The van der Waals surface area contributed by atoms with E-state index in [1.54, 1.807) is 42.5 Å². The Labute approximate surface area is 291 Å². The number of amides is 3. The number of benzene rings is 6. The van der Waals surface area contributed by atoms with Crippen molar-refractivity contribution in [2.75, 3.05) is 10.6 Å². The minimum absolute atomic E-state index is 0.0964. The van der Waals surface area contributed by atoms with Crippen LogP contribution in [-0.4, -0.2) is 17.7 Å². The van der Waals surface area contributed by atoms with Gasteiger partial charge in [0, 0.05) is 26.3 Å². The molecule has 0 aromatic heterocycles. The summed E-state index contributed by atoms with van der Waals surface area (Å²) in [5, 5.41) is 10.4. The molecule has 3 amide bonds. The first-order chi connectivity index (χ1) is 23.4. The van der Waals surface area contributed by atoms with Crippen LogP contribution in [0.15, 0.2) is 167 Å². The predicted molar refractivity (Wildman–Crippen MR) is 199 cm³/mol. The average Bonchev–Trinajstić information content (AvgIpc) is 3.12. The molecule has 3 N–H and O–H groups in total. The number of anilines is 2. The van der Waals surface area contributed by atoms with Crippen LogP contribution in [0.2, 0.25) is 0 Å². The topological polar surface area (TPSA) is 87.3 Å². The molecule has 0 fully saturated rings. The number of thioether (sulfide) groups is 1. The van der Waals surface area contributed by atoms with E-state index in [2.05, 4.69) is 31.9 Å². The maximum atomic E-state index is 13.7. The van der Waals surface area contributed by atoms with Gasteiger partial charge in [0.2, 0.25) is 5.91 Å². The van der Waals surface area contributed by atoms with Crippen molar-refractivity contribution in [3.05, 3.63) is 179 Å². The maximum absolute atomic E-state index is 13.7. The SMILES string of the molecule is O=C(Nc1ccc(SC(C(=O)Nc2ccc3ccccc3c2)c2ccccc2)cc1)/C(=C/c1ccc(Br)cc1)NC(=O)c1ccccc1. The number of carbonyl (C=O) groups excluding carboxylic acids is 3. The first-order valence-electron chi connectivity index (χ1n) is 15.2. The van der Waals surface area contributed by atoms with Crippen LogP contribution < -0.4 is 16.0 Å². The van der Waals surface area contributed by atoms with Gasteiger partial charge in [-0.1, -0.05) is 107 Å². The lowest BCUT2D eigenvalue weighted by Crippen LogP contribution is -2.30. The average molecular weight is 713 g/mol. The Kier molecular flexibility index (Phi) is 10.4. The number of carbonyl (C=O) groups is 3. The van der Waals surface area contributed by atoms with Gasteiger partial charge in [0.25, 0.3) is 11.8 Å². The molecule has 0 radical (unpaired) electrons. The molecule has 6 nitrogen and oxygen atoms in total. The van der Waals surface area contributed by atoms with Crippen LogP contribution in [0.5, 0.6) is 0 Å². The van der Waals surface area contributed by atoms with E-state index in [0.717, 1.165) is 37.0 Å². The molecule has 0 saturated carbocycles. The third-order valence-corrected chi connectivity index (χ3v) is 9.23. The van der Waals surface area contributed by atoms with E-state index in [4.69, 9.17) is 0 Å². The number of nitrogens with one attached hydrogen (secondary N) is 3. The summed E-state index contributed by atoms with van der Waals surface area (Å²) >= 11 is 4.84. The number of rotatable bonds is 10. The zero-order valence-electron chi connectivity index (χ0n) is 25.6. The molecule has 1 atom stereocenters. The summed E-state index contributed by atoms with van der Waals surface area (Å²) in [6.45, 7) is 0. The molecule has 236 valence electrons. The van der Waals surface area contributed by atoms with Gasteiger partial charge in [0.1, 0.15) is 10.9 Å². The monoisotopic (exact) mass is 711 g/mol. The van der Waals surface area contributed by atoms with Crippen molar-refractivity contribution in [3.63, 3.8) is 0 Å². The van der Waals surface area contributed by atoms with Crippen molar-refractivity contribution in [2.24, 2.45) is 0 Å². The molecule has 0 saturated heterocycles. The van der Waals surface area contributed by atoms with E-state index in [-0.39, 0.29) is 11.6 Å². The van der Waals surface area contributed by atoms with Crippen molar-refractivity contribution < 1.29 is 14.4 Å². The molecule has 0 aliphatic rings. The number of hydrogen-bond acceptors (Lipinski definition) is 4. The summed E-state index contributed by atoms with van der Waals surface area (Å²) in [5.74, 6) is -1.01. The molecule has 1 unspecified atom stereocenters. The fraction of sp³-hybridized carbons (Fsp3) is 0.0250. The Morgan fingerprint density at radius 1 is 0.625 bits per heavy atom. The van der Waals surface area contributed by atoms with E-state index >= 15 is 0 Å². The second-order valence-electron chi connectivity index (χ2n) is 10.9. The standard InChI is InChI=1S/C40H30BrN3O3S/c41-32-18-15-27(16-19-32)25-36(44-38(45)30-12-5-2-6-13-30)39(46)42-33-21-23-35(24-22-33)48-37(29-10-3-1-4-11-29)40(47)43-34-20-17-28-9-7-8-14-31(28)26-34/h1-26,37H,(H,42,46)(H,43,47)(H,44,45)/b36-25-. The lowest BCUT2D eigenvalue weighted by molar-refractivity contribution is -0.116. The summed E-state index contributed by atoms with van der Waals surface area (Å²) in [6, 6.07) is 47.0. The van der Waals surface area contributed by atoms with Gasteiger partial charge in [0.05, 0.1) is 0 Å². The Morgan fingerprint density at radius 2 is 1.25 bits per heavy atom. The van der Waals surface area contributed by atoms with Gasteiger partial charge in [0.15, 0.2) is 0 Å². The van der Waals surface area contributed by atoms with Crippen LogP contribution in [-0.2, 0) is 9.59 Å². The Balaban J connectivity index is 1.18. The molecule has 6 aromatic rings. The van der Waals surface area contributed by atoms with Gasteiger partial charge in [-0.25, -0.2) is 0 Å². The molecular weight excluding hydrogens is 682 g/mol.